The smallest absolute Gasteiger partial charge is 0.338 e. The summed E-state index contributed by atoms with van der Waals surface area (Å²) in [5.41, 5.74) is 1.64. The number of ether oxygens (including phenoxy) is 1. The third kappa shape index (κ3) is 2.88. The average molecular weight is 289 g/mol. The van der Waals surface area contributed by atoms with Gasteiger partial charge in [0.15, 0.2) is 0 Å². The van der Waals surface area contributed by atoms with E-state index in [0.29, 0.717) is 11.1 Å². The van der Waals surface area contributed by atoms with E-state index in [-0.39, 0.29) is 6.61 Å². The lowest BCUT2D eigenvalue weighted by atomic mass is 10.0. The zero-order chi connectivity index (χ0) is 15.4. The molecule has 0 heterocycles. The first kappa shape index (κ1) is 14.0. The fraction of sp³-hybridized carbons (Fsp3) is 0.0526. The van der Waals surface area contributed by atoms with Crippen LogP contribution in [0.4, 0.5) is 0 Å². The molecule has 107 valence electrons. The zero-order valence-corrected chi connectivity index (χ0v) is 11.8. The van der Waals surface area contributed by atoms with Crippen LogP contribution < -0.4 is 0 Å². The first-order chi connectivity index (χ1) is 10.8. The summed E-state index contributed by atoms with van der Waals surface area (Å²) >= 11 is 0. The highest BCUT2D eigenvalue weighted by Crippen LogP contribution is 2.20. The van der Waals surface area contributed by atoms with Crippen molar-refractivity contribution >= 4 is 23.0 Å². The van der Waals surface area contributed by atoms with Crippen LogP contribution >= 0.6 is 0 Å². The number of benzene rings is 3. The quantitative estimate of drug-likeness (QED) is 0.688. The normalized spacial score (nSPS) is 10.4. The van der Waals surface area contributed by atoms with Crippen LogP contribution in [0.2, 0.25) is 0 Å². The summed E-state index contributed by atoms with van der Waals surface area (Å²) in [6.45, 7) is 0.201. The van der Waals surface area contributed by atoms with Crippen LogP contribution in [0.25, 0.3) is 10.8 Å². The molecule has 0 N–H and O–H groups in total. The summed E-state index contributed by atoms with van der Waals surface area (Å²) in [6.07, 6.45) is 1.88. The minimum absolute atomic E-state index is 0.201. The lowest BCUT2D eigenvalue weighted by Gasteiger charge is -2.07. The predicted molar refractivity (Wildman–Crippen MR) is 84.3 cm³/mol. The van der Waals surface area contributed by atoms with Gasteiger partial charge in [-0.2, -0.15) is 0 Å². The second-order valence-electron chi connectivity index (χ2n) is 4.91. The van der Waals surface area contributed by atoms with Crippen LogP contribution in [-0.2, 0) is 16.1 Å². The molecule has 0 aromatic heterocycles. The van der Waals surface area contributed by atoms with Crippen molar-refractivity contribution in [1.82, 2.24) is 0 Å². The summed E-state index contributed by atoms with van der Waals surface area (Å²) in [4.78, 5) is 23.3. The maximum Gasteiger partial charge on any atom is 0.338 e. The van der Waals surface area contributed by atoms with Crippen LogP contribution in [0.15, 0.2) is 66.7 Å². The van der Waals surface area contributed by atoms with Crippen molar-refractivity contribution in [2.24, 2.45) is 0 Å². The van der Waals surface area contributed by atoms with E-state index in [4.69, 9.17) is 4.74 Å². The lowest BCUT2D eigenvalue weighted by molar-refractivity contribution is 0.0473. The Bertz CT molecular complexity index is 822. The molecule has 0 unspecified atom stereocenters. The Hall–Kier alpha value is -2.94. The van der Waals surface area contributed by atoms with Gasteiger partial charge in [0.1, 0.15) is 6.61 Å². The van der Waals surface area contributed by atoms with Gasteiger partial charge in [-0.1, -0.05) is 54.6 Å². The monoisotopic (exact) mass is 289 g/mol. The molecule has 0 aliphatic carbocycles. The topological polar surface area (TPSA) is 43.4 Å². The highest BCUT2D eigenvalue weighted by atomic mass is 16.5. The van der Waals surface area contributed by atoms with Gasteiger partial charge >= 0.3 is 5.97 Å². The molecule has 3 rings (SSSR count). The highest BCUT2D eigenvalue weighted by molar-refractivity contribution is 6.03. The van der Waals surface area contributed by atoms with Gasteiger partial charge in [-0.3, -0.25) is 4.79 Å². The van der Waals surface area contributed by atoms with Crippen molar-refractivity contribution in [3.63, 3.8) is 0 Å². The van der Waals surface area contributed by atoms with Crippen molar-refractivity contribution in [2.45, 2.75) is 6.61 Å². The molecule has 0 fully saturated rings. The Morgan fingerprint density at radius 3 is 2.45 bits per heavy atom. The van der Waals surface area contributed by atoms with E-state index in [1.807, 2.05) is 60.9 Å². The Labute approximate surface area is 128 Å². The number of carbonyl (C=O) groups is 1. The third-order valence-electron chi connectivity index (χ3n) is 3.42. The molecular formula is C19H13O3. The minimum Gasteiger partial charge on any atom is -0.457 e. The molecule has 0 aliphatic rings. The van der Waals surface area contributed by atoms with Crippen LogP contribution in [-0.4, -0.2) is 12.3 Å². The van der Waals surface area contributed by atoms with Gasteiger partial charge < -0.3 is 4.74 Å². The Kier molecular flexibility index (Phi) is 3.97. The van der Waals surface area contributed by atoms with Gasteiger partial charge in [0.2, 0.25) is 6.29 Å². The number of esters is 1. The first-order valence-electron chi connectivity index (χ1n) is 6.90. The molecule has 0 atom stereocenters. The van der Waals surface area contributed by atoms with E-state index in [2.05, 4.69) is 0 Å². The Morgan fingerprint density at radius 1 is 0.955 bits per heavy atom. The molecule has 3 nitrogen and oxygen atoms in total. The van der Waals surface area contributed by atoms with E-state index < -0.39 is 5.97 Å². The van der Waals surface area contributed by atoms with Crippen LogP contribution in [0.1, 0.15) is 21.5 Å². The van der Waals surface area contributed by atoms with E-state index in [9.17, 15) is 9.59 Å². The van der Waals surface area contributed by atoms with Gasteiger partial charge in [-0.15, -0.1) is 0 Å². The van der Waals surface area contributed by atoms with Gasteiger partial charge in [0.25, 0.3) is 0 Å². The fourth-order valence-electron chi connectivity index (χ4n) is 2.32. The third-order valence-corrected chi connectivity index (χ3v) is 3.42. The van der Waals surface area contributed by atoms with Gasteiger partial charge in [-0.05, 0) is 28.5 Å². The maximum atomic E-state index is 12.2. The SMILES string of the molecule is O=[C]c1cc(C(=O)OCc2ccccc2)cc2ccccc12. The fourth-order valence-corrected chi connectivity index (χ4v) is 2.32. The predicted octanol–water partition coefficient (Wildman–Crippen LogP) is 3.65. The molecule has 22 heavy (non-hydrogen) atoms. The number of hydrogen-bond donors (Lipinski definition) is 0. The van der Waals surface area contributed by atoms with Crippen LogP contribution in [0, 0.1) is 0 Å². The lowest BCUT2D eigenvalue weighted by Crippen LogP contribution is -2.06. The summed E-state index contributed by atoms with van der Waals surface area (Å²) < 4.78 is 5.29. The van der Waals surface area contributed by atoms with Crippen molar-refractivity contribution in [2.75, 3.05) is 0 Å². The Balaban J connectivity index is 1.86. The Morgan fingerprint density at radius 2 is 1.68 bits per heavy atom. The minimum atomic E-state index is -0.453. The average Bonchev–Trinajstić information content (AvgIpc) is 2.59. The van der Waals surface area contributed by atoms with E-state index in [1.54, 1.807) is 6.07 Å². The highest BCUT2D eigenvalue weighted by Gasteiger charge is 2.11. The first-order valence-corrected chi connectivity index (χ1v) is 6.90. The van der Waals surface area contributed by atoms with E-state index in [1.165, 1.54) is 6.07 Å². The zero-order valence-electron chi connectivity index (χ0n) is 11.8. The van der Waals surface area contributed by atoms with Gasteiger partial charge in [0.05, 0.1) is 5.56 Å². The molecule has 0 amide bonds. The van der Waals surface area contributed by atoms with Gasteiger partial charge in [-0.25, -0.2) is 4.79 Å². The number of hydrogen-bond acceptors (Lipinski definition) is 3. The van der Waals surface area contributed by atoms with E-state index >= 15 is 0 Å². The molecule has 3 aromatic carbocycles. The van der Waals surface area contributed by atoms with Crippen molar-refractivity contribution in [3.8, 4) is 0 Å². The maximum absolute atomic E-state index is 12.2. The van der Waals surface area contributed by atoms with Crippen molar-refractivity contribution < 1.29 is 14.3 Å². The molecule has 0 aliphatic heterocycles. The second-order valence-corrected chi connectivity index (χ2v) is 4.91. The number of fused-ring (bicyclic) bond motifs is 1. The molecule has 3 aromatic rings. The molecular weight excluding hydrogens is 276 g/mol. The van der Waals surface area contributed by atoms with Crippen molar-refractivity contribution in [3.05, 3.63) is 83.4 Å². The molecule has 0 saturated carbocycles. The van der Waals surface area contributed by atoms with Crippen LogP contribution in [0.3, 0.4) is 0 Å². The summed E-state index contributed by atoms with van der Waals surface area (Å²) in [5.74, 6) is -0.453. The summed E-state index contributed by atoms with van der Waals surface area (Å²) in [7, 11) is 0. The largest absolute Gasteiger partial charge is 0.457 e. The van der Waals surface area contributed by atoms with Gasteiger partial charge in [0, 0.05) is 5.56 Å². The molecule has 3 heteroatoms. The number of carbonyl (C=O) groups excluding carboxylic acids is 2. The summed E-state index contributed by atoms with van der Waals surface area (Å²) in [6, 6.07) is 20.1. The van der Waals surface area contributed by atoms with Crippen molar-refractivity contribution in [1.29, 1.82) is 0 Å². The second kappa shape index (κ2) is 6.22. The van der Waals surface area contributed by atoms with E-state index in [0.717, 1.165) is 16.3 Å². The summed E-state index contributed by atoms with van der Waals surface area (Å²) in [5, 5.41) is 1.59. The molecule has 0 bridgehead atoms. The molecule has 1 radical (unpaired) electrons. The molecule has 0 saturated heterocycles. The molecule has 0 spiro atoms. The number of rotatable bonds is 4. The standard InChI is InChI=1S/C19H13O3/c20-12-17-11-16(10-15-8-4-5-9-18(15)17)19(21)22-13-14-6-2-1-3-7-14/h1-11H,13H2. The van der Waals surface area contributed by atoms with Crippen LogP contribution in [0.5, 0.6) is 0 Å².